The fraction of sp³-hybridized carbons (Fsp3) is 0.667. The normalized spacial score (nSPS) is 28.4. The van der Waals surface area contributed by atoms with Crippen molar-refractivity contribution in [2.45, 2.75) is 24.8 Å². The van der Waals surface area contributed by atoms with E-state index in [1.54, 1.807) is 6.08 Å². The van der Waals surface area contributed by atoms with Crippen molar-refractivity contribution in [1.82, 2.24) is 5.32 Å². The molecular formula is C9H15NO2. The van der Waals surface area contributed by atoms with Gasteiger partial charge in [0, 0.05) is 0 Å². The van der Waals surface area contributed by atoms with Crippen LogP contribution >= 0.6 is 0 Å². The van der Waals surface area contributed by atoms with E-state index in [1.807, 2.05) is 0 Å². The molecule has 1 N–H and O–H groups in total. The molecule has 0 spiro atoms. The minimum absolute atomic E-state index is 0.167. The number of methoxy groups -OCH3 is 1. The van der Waals surface area contributed by atoms with Crippen molar-refractivity contribution in [1.29, 1.82) is 0 Å². The van der Waals surface area contributed by atoms with Gasteiger partial charge in [0.15, 0.2) is 0 Å². The smallest absolute Gasteiger partial charge is 0.326 e. The second-order valence-electron chi connectivity index (χ2n) is 3.10. The van der Waals surface area contributed by atoms with Gasteiger partial charge in [-0.1, -0.05) is 6.08 Å². The predicted octanol–water partition coefficient (Wildman–Crippen LogP) is 0.858. The van der Waals surface area contributed by atoms with Crippen LogP contribution in [0.3, 0.4) is 0 Å². The Hall–Kier alpha value is -0.830. The van der Waals surface area contributed by atoms with Crippen molar-refractivity contribution in [3.05, 3.63) is 12.7 Å². The molecule has 1 saturated heterocycles. The third kappa shape index (κ3) is 1.50. The van der Waals surface area contributed by atoms with Gasteiger partial charge in [-0.05, 0) is 25.8 Å². The van der Waals surface area contributed by atoms with Gasteiger partial charge >= 0.3 is 5.97 Å². The third-order valence-corrected chi connectivity index (χ3v) is 2.31. The van der Waals surface area contributed by atoms with Crippen LogP contribution in [0.25, 0.3) is 0 Å². The molecule has 12 heavy (non-hydrogen) atoms. The maximum Gasteiger partial charge on any atom is 0.326 e. The molecular weight excluding hydrogens is 154 g/mol. The van der Waals surface area contributed by atoms with Crippen molar-refractivity contribution in [3.63, 3.8) is 0 Å². The molecule has 0 saturated carbocycles. The fourth-order valence-corrected chi connectivity index (χ4v) is 1.68. The Morgan fingerprint density at radius 3 is 3.00 bits per heavy atom. The molecule has 0 radical (unpaired) electrons. The van der Waals surface area contributed by atoms with Crippen LogP contribution in [0.1, 0.15) is 19.3 Å². The first kappa shape index (κ1) is 9.26. The molecule has 1 aliphatic heterocycles. The Labute approximate surface area is 72.8 Å². The molecule has 0 aromatic rings. The number of hydrogen-bond donors (Lipinski definition) is 1. The van der Waals surface area contributed by atoms with Gasteiger partial charge in [-0.3, -0.25) is 4.79 Å². The zero-order valence-electron chi connectivity index (χ0n) is 7.43. The monoisotopic (exact) mass is 169 g/mol. The molecule has 0 aromatic heterocycles. The first-order chi connectivity index (χ1) is 5.75. The molecule has 1 rings (SSSR count). The Kier molecular flexibility index (Phi) is 2.87. The highest BCUT2D eigenvalue weighted by Crippen LogP contribution is 2.24. The lowest BCUT2D eigenvalue weighted by atomic mass is 9.93. The van der Waals surface area contributed by atoms with Crippen LogP contribution in [-0.4, -0.2) is 25.2 Å². The number of hydrogen-bond acceptors (Lipinski definition) is 3. The molecule has 0 unspecified atom stereocenters. The topological polar surface area (TPSA) is 38.3 Å². The number of rotatable bonds is 3. The Bertz CT molecular complexity index is 183. The quantitative estimate of drug-likeness (QED) is 0.503. The maximum absolute atomic E-state index is 11.4. The van der Waals surface area contributed by atoms with E-state index in [2.05, 4.69) is 11.9 Å². The molecule has 0 aromatic carbocycles. The number of carbonyl (C=O) groups is 1. The number of carbonyl (C=O) groups excluding carboxylic acids is 1. The lowest BCUT2D eigenvalue weighted by Gasteiger charge is -2.24. The minimum atomic E-state index is -0.476. The highest BCUT2D eigenvalue weighted by molar-refractivity contribution is 5.81. The van der Waals surface area contributed by atoms with Crippen molar-refractivity contribution in [2.24, 2.45) is 0 Å². The highest BCUT2D eigenvalue weighted by atomic mass is 16.5. The summed E-state index contributed by atoms with van der Waals surface area (Å²) < 4.78 is 4.74. The number of esters is 1. The average Bonchev–Trinajstić information content (AvgIpc) is 2.53. The van der Waals surface area contributed by atoms with E-state index in [1.165, 1.54) is 7.11 Å². The SMILES string of the molecule is C=CC[C@]1(C(=O)OC)CCCN1. The minimum Gasteiger partial charge on any atom is -0.468 e. The molecule has 1 fully saturated rings. The van der Waals surface area contributed by atoms with Gasteiger partial charge in [0.25, 0.3) is 0 Å². The van der Waals surface area contributed by atoms with Crippen LogP contribution in [0.5, 0.6) is 0 Å². The van der Waals surface area contributed by atoms with Gasteiger partial charge in [0.05, 0.1) is 7.11 Å². The second-order valence-corrected chi connectivity index (χ2v) is 3.10. The third-order valence-electron chi connectivity index (χ3n) is 2.31. The molecule has 1 aliphatic rings. The van der Waals surface area contributed by atoms with Gasteiger partial charge < -0.3 is 10.1 Å². The van der Waals surface area contributed by atoms with Gasteiger partial charge in [-0.15, -0.1) is 6.58 Å². The Morgan fingerprint density at radius 1 is 1.83 bits per heavy atom. The van der Waals surface area contributed by atoms with Crippen LogP contribution in [-0.2, 0) is 9.53 Å². The summed E-state index contributed by atoms with van der Waals surface area (Å²) in [5.74, 6) is -0.167. The summed E-state index contributed by atoms with van der Waals surface area (Å²) in [6, 6.07) is 0. The average molecular weight is 169 g/mol. The van der Waals surface area contributed by atoms with E-state index in [0.29, 0.717) is 6.42 Å². The summed E-state index contributed by atoms with van der Waals surface area (Å²) in [7, 11) is 1.42. The van der Waals surface area contributed by atoms with E-state index >= 15 is 0 Å². The van der Waals surface area contributed by atoms with E-state index in [0.717, 1.165) is 19.4 Å². The van der Waals surface area contributed by atoms with Gasteiger partial charge in [-0.2, -0.15) is 0 Å². The molecule has 3 nitrogen and oxygen atoms in total. The fourth-order valence-electron chi connectivity index (χ4n) is 1.68. The van der Waals surface area contributed by atoms with Gasteiger partial charge in [-0.25, -0.2) is 0 Å². The van der Waals surface area contributed by atoms with E-state index in [9.17, 15) is 4.79 Å². The molecule has 3 heteroatoms. The van der Waals surface area contributed by atoms with Gasteiger partial charge in [0.2, 0.25) is 0 Å². The number of ether oxygens (including phenoxy) is 1. The van der Waals surface area contributed by atoms with Crippen LogP contribution in [0.2, 0.25) is 0 Å². The Balaban J connectivity index is 2.70. The van der Waals surface area contributed by atoms with Gasteiger partial charge in [0.1, 0.15) is 5.54 Å². The largest absolute Gasteiger partial charge is 0.468 e. The molecule has 0 aliphatic carbocycles. The standard InChI is InChI=1S/C9H15NO2/c1-3-5-9(8(11)12-2)6-4-7-10-9/h3,10H,1,4-7H2,2H3/t9-/m1/s1. The number of nitrogens with one attached hydrogen (secondary N) is 1. The van der Waals surface area contributed by atoms with Crippen LogP contribution in [0.15, 0.2) is 12.7 Å². The van der Waals surface area contributed by atoms with Crippen molar-refractivity contribution < 1.29 is 9.53 Å². The first-order valence-corrected chi connectivity index (χ1v) is 4.19. The van der Waals surface area contributed by atoms with Crippen LogP contribution in [0.4, 0.5) is 0 Å². The summed E-state index contributed by atoms with van der Waals surface area (Å²) in [4.78, 5) is 11.4. The summed E-state index contributed by atoms with van der Waals surface area (Å²) in [5.41, 5.74) is -0.476. The van der Waals surface area contributed by atoms with Crippen molar-refractivity contribution in [2.75, 3.05) is 13.7 Å². The van der Waals surface area contributed by atoms with Crippen molar-refractivity contribution >= 4 is 5.97 Å². The summed E-state index contributed by atoms with van der Waals surface area (Å²) in [6.07, 6.45) is 4.30. The highest BCUT2D eigenvalue weighted by Gasteiger charge is 2.40. The molecule has 1 heterocycles. The Morgan fingerprint density at radius 2 is 2.58 bits per heavy atom. The van der Waals surface area contributed by atoms with Crippen molar-refractivity contribution in [3.8, 4) is 0 Å². The lowest BCUT2D eigenvalue weighted by Crippen LogP contribution is -2.47. The van der Waals surface area contributed by atoms with Crippen LogP contribution in [0, 0.1) is 0 Å². The second kappa shape index (κ2) is 3.72. The predicted molar refractivity (Wildman–Crippen MR) is 46.8 cm³/mol. The zero-order chi connectivity index (χ0) is 9.03. The molecule has 0 bridgehead atoms. The summed E-state index contributed by atoms with van der Waals surface area (Å²) in [6.45, 7) is 4.53. The lowest BCUT2D eigenvalue weighted by molar-refractivity contribution is -0.147. The molecule has 1 atom stereocenters. The summed E-state index contributed by atoms with van der Waals surface area (Å²) >= 11 is 0. The maximum atomic E-state index is 11.4. The van der Waals surface area contributed by atoms with Crippen LogP contribution < -0.4 is 5.32 Å². The summed E-state index contributed by atoms with van der Waals surface area (Å²) in [5, 5.41) is 3.18. The first-order valence-electron chi connectivity index (χ1n) is 4.19. The van der Waals surface area contributed by atoms with E-state index in [4.69, 9.17) is 4.74 Å². The molecule has 0 amide bonds. The van der Waals surface area contributed by atoms with E-state index < -0.39 is 5.54 Å². The molecule has 68 valence electrons. The van der Waals surface area contributed by atoms with E-state index in [-0.39, 0.29) is 5.97 Å². The zero-order valence-corrected chi connectivity index (χ0v) is 7.43.